The van der Waals surface area contributed by atoms with Crippen LogP contribution in [0.25, 0.3) is 0 Å². The topological polar surface area (TPSA) is 37.8 Å². The molecule has 1 aliphatic carbocycles. The quantitative estimate of drug-likeness (QED) is 0.827. The summed E-state index contributed by atoms with van der Waals surface area (Å²) in [6.45, 7) is 7.41. The number of hydrogen-bond acceptors (Lipinski definition) is 3. The number of aryl methyl sites for hydroxylation is 2. The summed E-state index contributed by atoms with van der Waals surface area (Å²) in [6, 6.07) is 2.07. The molecule has 0 aliphatic heterocycles. The van der Waals surface area contributed by atoms with Crippen LogP contribution >= 0.6 is 0 Å². The molecule has 1 N–H and O–H groups in total. The third-order valence-electron chi connectivity index (χ3n) is 3.60. The number of hydrogen-bond donors (Lipinski definition) is 1. The van der Waals surface area contributed by atoms with E-state index in [1.807, 2.05) is 6.92 Å². The molecule has 3 nitrogen and oxygen atoms in total. The van der Waals surface area contributed by atoms with Crippen LogP contribution in [0.2, 0.25) is 0 Å². The van der Waals surface area contributed by atoms with Crippen LogP contribution in [0.3, 0.4) is 0 Å². The van der Waals surface area contributed by atoms with Crippen molar-refractivity contribution in [2.24, 2.45) is 5.41 Å². The maximum atomic E-state index is 4.42. The highest BCUT2D eigenvalue weighted by Gasteiger charge is 2.40. The maximum absolute atomic E-state index is 4.42. The second kappa shape index (κ2) is 4.40. The lowest BCUT2D eigenvalue weighted by Crippen LogP contribution is -2.15. The Morgan fingerprint density at radius 3 is 2.62 bits per heavy atom. The van der Waals surface area contributed by atoms with Gasteiger partial charge in [0.05, 0.1) is 0 Å². The molecule has 88 valence electrons. The second-order valence-corrected chi connectivity index (χ2v) is 4.85. The SMILES string of the molecule is CCc1cc(NCC2(CC)CC2)nc(C)n1. The average Bonchev–Trinajstić information content (AvgIpc) is 3.06. The van der Waals surface area contributed by atoms with Crippen LogP contribution in [-0.2, 0) is 6.42 Å². The molecule has 1 aromatic heterocycles. The van der Waals surface area contributed by atoms with Gasteiger partial charge in [0.25, 0.3) is 0 Å². The third-order valence-corrected chi connectivity index (χ3v) is 3.60. The second-order valence-electron chi connectivity index (χ2n) is 4.85. The van der Waals surface area contributed by atoms with Crippen molar-refractivity contribution in [2.75, 3.05) is 11.9 Å². The highest BCUT2D eigenvalue weighted by Crippen LogP contribution is 2.48. The summed E-state index contributed by atoms with van der Waals surface area (Å²) in [5.41, 5.74) is 1.68. The fourth-order valence-corrected chi connectivity index (χ4v) is 2.01. The fraction of sp³-hybridized carbons (Fsp3) is 0.692. The van der Waals surface area contributed by atoms with Crippen LogP contribution in [0.1, 0.15) is 44.6 Å². The fourth-order valence-electron chi connectivity index (χ4n) is 2.01. The van der Waals surface area contributed by atoms with Crippen LogP contribution in [0.5, 0.6) is 0 Å². The molecule has 1 aromatic rings. The first-order valence-corrected chi connectivity index (χ1v) is 6.26. The van der Waals surface area contributed by atoms with Gasteiger partial charge in [-0.15, -0.1) is 0 Å². The Labute approximate surface area is 97.7 Å². The molecule has 16 heavy (non-hydrogen) atoms. The first-order chi connectivity index (χ1) is 7.67. The Morgan fingerprint density at radius 2 is 2.06 bits per heavy atom. The standard InChI is InChI=1S/C13H21N3/c1-4-11-8-12(16-10(3)15-11)14-9-13(5-2)6-7-13/h8H,4-7,9H2,1-3H3,(H,14,15,16). The Kier molecular flexibility index (Phi) is 3.13. The Bertz CT molecular complexity index is 369. The van der Waals surface area contributed by atoms with Crippen molar-refractivity contribution in [1.82, 2.24) is 9.97 Å². The van der Waals surface area contributed by atoms with E-state index in [4.69, 9.17) is 0 Å². The molecule has 1 aliphatic rings. The van der Waals surface area contributed by atoms with E-state index >= 15 is 0 Å². The molecule has 0 atom stereocenters. The minimum absolute atomic E-state index is 0.561. The van der Waals surface area contributed by atoms with Gasteiger partial charge in [-0.3, -0.25) is 0 Å². The number of aromatic nitrogens is 2. The zero-order chi connectivity index (χ0) is 11.6. The van der Waals surface area contributed by atoms with E-state index < -0.39 is 0 Å². The summed E-state index contributed by atoms with van der Waals surface area (Å²) in [5.74, 6) is 1.85. The van der Waals surface area contributed by atoms with E-state index in [0.717, 1.165) is 30.3 Å². The molecular formula is C13H21N3. The minimum Gasteiger partial charge on any atom is -0.369 e. The molecule has 0 amide bonds. The van der Waals surface area contributed by atoms with Gasteiger partial charge in [-0.1, -0.05) is 13.8 Å². The lowest BCUT2D eigenvalue weighted by atomic mass is 10.0. The van der Waals surface area contributed by atoms with E-state index in [0.29, 0.717) is 5.41 Å². The highest BCUT2D eigenvalue weighted by atomic mass is 15.0. The van der Waals surface area contributed by atoms with Gasteiger partial charge in [0.15, 0.2) is 0 Å². The van der Waals surface area contributed by atoms with Gasteiger partial charge >= 0.3 is 0 Å². The molecule has 1 saturated carbocycles. The number of nitrogens with one attached hydrogen (secondary N) is 1. The molecule has 0 saturated heterocycles. The molecular weight excluding hydrogens is 198 g/mol. The molecule has 1 fully saturated rings. The van der Waals surface area contributed by atoms with Crippen molar-refractivity contribution in [3.05, 3.63) is 17.6 Å². The van der Waals surface area contributed by atoms with Crippen LogP contribution < -0.4 is 5.32 Å². The predicted octanol–water partition coefficient (Wildman–Crippen LogP) is 2.95. The maximum Gasteiger partial charge on any atom is 0.129 e. The summed E-state index contributed by atoms with van der Waals surface area (Å²) in [6.07, 6.45) is 4.96. The van der Waals surface area contributed by atoms with E-state index in [1.54, 1.807) is 0 Å². The van der Waals surface area contributed by atoms with E-state index in [-0.39, 0.29) is 0 Å². The monoisotopic (exact) mass is 219 g/mol. The van der Waals surface area contributed by atoms with Crippen LogP contribution in [-0.4, -0.2) is 16.5 Å². The van der Waals surface area contributed by atoms with Crippen LogP contribution in [0.15, 0.2) is 6.07 Å². The van der Waals surface area contributed by atoms with Crippen LogP contribution in [0, 0.1) is 12.3 Å². The molecule has 3 heteroatoms. The first kappa shape index (κ1) is 11.4. The van der Waals surface area contributed by atoms with Gasteiger partial charge in [-0.2, -0.15) is 0 Å². The zero-order valence-electron chi connectivity index (χ0n) is 10.5. The number of nitrogens with zero attached hydrogens (tertiary/aromatic N) is 2. The molecule has 0 bridgehead atoms. The minimum atomic E-state index is 0.561. The predicted molar refractivity (Wildman–Crippen MR) is 66.6 cm³/mol. The van der Waals surface area contributed by atoms with Crippen molar-refractivity contribution in [3.63, 3.8) is 0 Å². The summed E-state index contributed by atoms with van der Waals surface area (Å²) >= 11 is 0. The summed E-state index contributed by atoms with van der Waals surface area (Å²) in [5, 5.41) is 3.46. The number of anilines is 1. The summed E-state index contributed by atoms with van der Waals surface area (Å²) in [4.78, 5) is 8.81. The van der Waals surface area contributed by atoms with Crippen molar-refractivity contribution in [1.29, 1.82) is 0 Å². The molecule has 1 heterocycles. The normalized spacial score (nSPS) is 17.2. The Balaban J connectivity index is 2.01. The molecule has 2 rings (SSSR count). The summed E-state index contributed by atoms with van der Waals surface area (Å²) in [7, 11) is 0. The van der Waals surface area contributed by atoms with Gasteiger partial charge in [-0.25, -0.2) is 9.97 Å². The van der Waals surface area contributed by atoms with Gasteiger partial charge in [0.1, 0.15) is 11.6 Å². The third kappa shape index (κ3) is 2.52. The average molecular weight is 219 g/mol. The lowest BCUT2D eigenvalue weighted by Gasteiger charge is -2.14. The van der Waals surface area contributed by atoms with Crippen molar-refractivity contribution < 1.29 is 0 Å². The van der Waals surface area contributed by atoms with E-state index in [2.05, 4.69) is 35.2 Å². The molecule has 0 radical (unpaired) electrons. The van der Waals surface area contributed by atoms with E-state index in [9.17, 15) is 0 Å². The van der Waals surface area contributed by atoms with Gasteiger partial charge in [0, 0.05) is 18.3 Å². The van der Waals surface area contributed by atoms with Crippen molar-refractivity contribution in [2.45, 2.75) is 46.5 Å². The Morgan fingerprint density at radius 1 is 1.31 bits per heavy atom. The van der Waals surface area contributed by atoms with Gasteiger partial charge < -0.3 is 5.32 Å². The smallest absolute Gasteiger partial charge is 0.129 e. The van der Waals surface area contributed by atoms with Crippen molar-refractivity contribution >= 4 is 5.82 Å². The summed E-state index contributed by atoms with van der Waals surface area (Å²) < 4.78 is 0. The Hall–Kier alpha value is -1.12. The number of rotatable bonds is 5. The van der Waals surface area contributed by atoms with Gasteiger partial charge in [0.2, 0.25) is 0 Å². The lowest BCUT2D eigenvalue weighted by molar-refractivity contribution is 0.520. The molecule has 0 aromatic carbocycles. The van der Waals surface area contributed by atoms with Crippen LogP contribution in [0.4, 0.5) is 5.82 Å². The largest absolute Gasteiger partial charge is 0.369 e. The highest BCUT2D eigenvalue weighted by molar-refractivity contribution is 5.36. The molecule has 0 unspecified atom stereocenters. The van der Waals surface area contributed by atoms with Gasteiger partial charge in [-0.05, 0) is 38.0 Å². The molecule has 0 spiro atoms. The first-order valence-electron chi connectivity index (χ1n) is 6.26. The zero-order valence-corrected chi connectivity index (χ0v) is 10.5. The van der Waals surface area contributed by atoms with Crippen molar-refractivity contribution in [3.8, 4) is 0 Å². The van der Waals surface area contributed by atoms with E-state index in [1.165, 1.54) is 19.3 Å².